The Bertz CT molecular complexity index is 489. The number of hydrogen-bond acceptors (Lipinski definition) is 4. The number of carboxylic acid groups (broad SMARTS) is 1. The van der Waals surface area contributed by atoms with E-state index in [4.69, 9.17) is 14.3 Å². The zero-order valence-corrected chi connectivity index (χ0v) is 7.35. The van der Waals surface area contributed by atoms with Gasteiger partial charge in [-0.25, -0.2) is 9.78 Å². The Balaban J connectivity index is 2.82. The lowest BCUT2D eigenvalue weighted by Crippen LogP contribution is -2.00. The van der Waals surface area contributed by atoms with E-state index < -0.39 is 5.97 Å². The molecular formula is C9H7NO4. The highest BCUT2D eigenvalue weighted by atomic mass is 16.5. The van der Waals surface area contributed by atoms with E-state index in [-0.39, 0.29) is 16.9 Å². The van der Waals surface area contributed by atoms with Crippen LogP contribution in [0, 0.1) is 0 Å². The van der Waals surface area contributed by atoms with Crippen LogP contribution in [-0.2, 0) is 0 Å². The van der Waals surface area contributed by atoms with Gasteiger partial charge in [0.2, 0.25) is 0 Å². The van der Waals surface area contributed by atoms with Crippen LogP contribution in [0.1, 0.15) is 10.4 Å². The highest BCUT2D eigenvalue weighted by Gasteiger charge is 2.18. The molecule has 0 aliphatic rings. The number of hydrogen-bond donors (Lipinski definition) is 1. The first-order chi connectivity index (χ1) is 6.74. The standard InChI is InChI=1S/C9H7NO4/c1-13-6-3-2-5-8(14-4-10-5)7(6)9(11)12/h2-4H,1H3,(H,11,12). The number of oxazole rings is 1. The number of aromatic nitrogens is 1. The lowest BCUT2D eigenvalue weighted by atomic mass is 10.2. The summed E-state index contributed by atoms with van der Waals surface area (Å²) in [7, 11) is 1.41. The fourth-order valence-electron chi connectivity index (χ4n) is 1.28. The maximum absolute atomic E-state index is 10.9. The van der Waals surface area contributed by atoms with Crippen LogP contribution >= 0.6 is 0 Å². The predicted octanol–water partition coefficient (Wildman–Crippen LogP) is 1.53. The van der Waals surface area contributed by atoms with Gasteiger partial charge in [-0.2, -0.15) is 0 Å². The largest absolute Gasteiger partial charge is 0.496 e. The van der Waals surface area contributed by atoms with Crippen molar-refractivity contribution in [2.75, 3.05) is 7.11 Å². The lowest BCUT2D eigenvalue weighted by molar-refractivity contribution is 0.0694. The number of nitrogens with zero attached hydrogens (tertiary/aromatic N) is 1. The second kappa shape index (κ2) is 3.02. The van der Waals surface area contributed by atoms with E-state index in [1.165, 1.54) is 13.5 Å². The second-order valence-electron chi connectivity index (χ2n) is 2.65. The topological polar surface area (TPSA) is 72.6 Å². The highest BCUT2D eigenvalue weighted by Crippen LogP contribution is 2.26. The maximum atomic E-state index is 10.9. The molecular weight excluding hydrogens is 186 g/mol. The number of carboxylic acids is 1. The molecule has 0 radical (unpaired) electrons. The van der Waals surface area contributed by atoms with E-state index in [1.807, 2.05) is 0 Å². The average Bonchev–Trinajstić information content (AvgIpc) is 2.62. The van der Waals surface area contributed by atoms with Crippen LogP contribution in [0.5, 0.6) is 5.75 Å². The van der Waals surface area contributed by atoms with Crippen LogP contribution in [0.3, 0.4) is 0 Å². The van der Waals surface area contributed by atoms with Gasteiger partial charge in [-0.1, -0.05) is 0 Å². The van der Waals surface area contributed by atoms with Crippen molar-refractivity contribution < 1.29 is 19.1 Å². The van der Waals surface area contributed by atoms with Crippen LogP contribution in [-0.4, -0.2) is 23.2 Å². The Morgan fingerprint density at radius 3 is 3.00 bits per heavy atom. The van der Waals surface area contributed by atoms with Crippen LogP contribution in [0.2, 0.25) is 0 Å². The quantitative estimate of drug-likeness (QED) is 0.782. The van der Waals surface area contributed by atoms with Gasteiger partial charge in [0.05, 0.1) is 7.11 Å². The summed E-state index contributed by atoms with van der Waals surface area (Å²) in [5, 5.41) is 8.95. The van der Waals surface area contributed by atoms with Gasteiger partial charge in [0.25, 0.3) is 0 Å². The third kappa shape index (κ3) is 1.10. The van der Waals surface area contributed by atoms with Crippen molar-refractivity contribution in [2.45, 2.75) is 0 Å². The maximum Gasteiger partial charge on any atom is 0.343 e. The summed E-state index contributed by atoms with van der Waals surface area (Å²) >= 11 is 0. The third-order valence-electron chi connectivity index (χ3n) is 1.89. The Morgan fingerprint density at radius 1 is 1.57 bits per heavy atom. The van der Waals surface area contributed by atoms with Crippen LogP contribution in [0.25, 0.3) is 11.1 Å². The Kier molecular flexibility index (Phi) is 1.85. The Labute approximate surface area is 78.9 Å². The summed E-state index contributed by atoms with van der Waals surface area (Å²) in [6.45, 7) is 0. The number of rotatable bonds is 2. The zero-order chi connectivity index (χ0) is 10.1. The summed E-state index contributed by atoms with van der Waals surface area (Å²) in [6, 6.07) is 3.19. The minimum Gasteiger partial charge on any atom is -0.496 e. The number of methoxy groups -OCH3 is 1. The summed E-state index contributed by atoms with van der Waals surface area (Å²) in [6.07, 6.45) is 1.20. The predicted molar refractivity (Wildman–Crippen MR) is 47.5 cm³/mol. The smallest absolute Gasteiger partial charge is 0.343 e. The van der Waals surface area contributed by atoms with Gasteiger partial charge in [-0.15, -0.1) is 0 Å². The number of carbonyl (C=O) groups is 1. The van der Waals surface area contributed by atoms with Crippen molar-refractivity contribution in [3.63, 3.8) is 0 Å². The zero-order valence-electron chi connectivity index (χ0n) is 7.35. The average molecular weight is 193 g/mol. The summed E-state index contributed by atoms with van der Waals surface area (Å²) in [4.78, 5) is 14.8. The molecule has 1 N–H and O–H groups in total. The van der Waals surface area contributed by atoms with E-state index in [9.17, 15) is 4.79 Å². The number of aromatic carboxylic acids is 1. The molecule has 0 unspecified atom stereocenters. The molecule has 0 bridgehead atoms. The van der Waals surface area contributed by atoms with Gasteiger partial charge < -0.3 is 14.3 Å². The molecule has 5 nitrogen and oxygen atoms in total. The van der Waals surface area contributed by atoms with E-state index >= 15 is 0 Å². The molecule has 0 atom stereocenters. The van der Waals surface area contributed by atoms with Gasteiger partial charge in [-0.3, -0.25) is 0 Å². The second-order valence-corrected chi connectivity index (χ2v) is 2.65. The van der Waals surface area contributed by atoms with Crippen molar-refractivity contribution >= 4 is 17.1 Å². The molecule has 1 aromatic carbocycles. The van der Waals surface area contributed by atoms with E-state index in [1.54, 1.807) is 12.1 Å². The molecule has 1 aromatic heterocycles. The number of ether oxygens (including phenoxy) is 1. The molecule has 0 saturated carbocycles. The SMILES string of the molecule is COc1ccc2ncoc2c1C(=O)O. The molecule has 14 heavy (non-hydrogen) atoms. The first-order valence-corrected chi connectivity index (χ1v) is 3.87. The molecule has 72 valence electrons. The van der Waals surface area contributed by atoms with E-state index in [0.29, 0.717) is 5.52 Å². The minimum absolute atomic E-state index is 0.00231. The van der Waals surface area contributed by atoms with Gasteiger partial charge in [0.1, 0.15) is 16.8 Å². The molecule has 2 rings (SSSR count). The molecule has 0 saturated heterocycles. The molecule has 0 fully saturated rings. The number of fused-ring (bicyclic) bond motifs is 1. The van der Waals surface area contributed by atoms with Crippen LogP contribution < -0.4 is 4.74 Å². The molecule has 0 aliphatic carbocycles. The summed E-state index contributed by atoms with van der Waals surface area (Å²) in [5.41, 5.74) is 0.738. The molecule has 0 spiro atoms. The lowest BCUT2D eigenvalue weighted by Gasteiger charge is -2.03. The fraction of sp³-hybridized carbons (Fsp3) is 0.111. The van der Waals surface area contributed by atoms with E-state index in [2.05, 4.69) is 4.98 Å². The van der Waals surface area contributed by atoms with Crippen molar-refractivity contribution in [1.29, 1.82) is 0 Å². The van der Waals surface area contributed by atoms with Crippen LogP contribution in [0.15, 0.2) is 22.9 Å². The van der Waals surface area contributed by atoms with Crippen molar-refractivity contribution in [1.82, 2.24) is 4.98 Å². The number of benzene rings is 1. The molecule has 2 aromatic rings. The van der Waals surface area contributed by atoms with Crippen molar-refractivity contribution in [2.24, 2.45) is 0 Å². The van der Waals surface area contributed by atoms with E-state index in [0.717, 1.165) is 0 Å². The summed E-state index contributed by atoms with van der Waals surface area (Å²) < 4.78 is 9.90. The molecule has 1 heterocycles. The van der Waals surface area contributed by atoms with Crippen molar-refractivity contribution in [3.05, 3.63) is 24.1 Å². The van der Waals surface area contributed by atoms with Gasteiger partial charge in [0, 0.05) is 0 Å². The third-order valence-corrected chi connectivity index (χ3v) is 1.89. The molecule has 0 aliphatic heterocycles. The van der Waals surface area contributed by atoms with Crippen LogP contribution in [0.4, 0.5) is 0 Å². The first kappa shape index (κ1) is 8.55. The first-order valence-electron chi connectivity index (χ1n) is 3.87. The summed E-state index contributed by atoms with van der Waals surface area (Å²) in [5.74, 6) is -0.828. The highest BCUT2D eigenvalue weighted by molar-refractivity contribution is 6.02. The fourth-order valence-corrected chi connectivity index (χ4v) is 1.28. The van der Waals surface area contributed by atoms with Gasteiger partial charge in [0.15, 0.2) is 12.0 Å². The van der Waals surface area contributed by atoms with Gasteiger partial charge in [-0.05, 0) is 12.1 Å². The minimum atomic E-state index is -1.09. The van der Waals surface area contributed by atoms with Crippen molar-refractivity contribution in [3.8, 4) is 5.75 Å². The molecule has 0 amide bonds. The van der Waals surface area contributed by atoms with Gasteiger partial charge >= 0.3 is 5.97 Å². The molecule has 5 heteroatoms. The normalized spacial score (nSPS) is 10.4. The Hall–Kier alpha value is -2.04. The monoisotopic (exact) mass is 193 g/mol. The Morgan fingerprint density at radius 2 is 2.36 bits per heavy atom.